The Hall–Kier alpha value is -1.75. The van der Waals surface area contributed by atoms with E-state index in [0.717, 1.165) is 32.1 Å². The summed E-state index contributed by atoms with van der Waals surface area (Å²) in [7, 11) is 3.03. The molecule has 3 heterocycles. The minimum atomic E-state index is -1.21. The maximum absolute atomic E-state index is 13.1. The van der Waals surface area contributed by atoms with Crippen LogP contribution in [0.4, 0.5) is 0 Å². The second-order valence-corrected chi connectivity index (χ2v) is 17.4. The van der Waals surface area contributed by atoms with Gasteiger partial charge in [0.1, 0.15) is 53.6 Å². The Morgan fingerprint density at radius 3 is 2.11 bits per heavy atom. The van der Waals surface area contributed by atoms with Crippen molar-refractivity contribution in [1.82, 2.24) is 0 Å². The molecule has 2 spiro atoms. The van der Waals surface area contributed by atoms with Crippen LogP contribution in [0.2, 0.25) is 0 Å². The number of hydrogen-bond donors (Lipinski definition) is 2. The van der Waals surface area contributed by atoms with Gasteiger partial charge < -0.3 is 52.8 Å². The van der Waals surface area contributed by atoms with Gasteiger partial charge in [-0.05, 0) is 77.0 Å². The Kier molecular flexibility index (Phi) is 10.4. The van der Waals surface area contributed by atoms with E-state index < -0.39 is 96.1 Å². The van der Waals surface area contributed by atoms with Crippen molar-refractivity contribution in [3.05, 3.63) is 0 Å². The van der Waals surface area contributed by atoms with E-state index in [1.807, 2.05) is 13.8 Å². The van der Waals surface area contributed by atoms with Crippen LogP contribution in [0.25, 0.3) is 0 Å². The lowest BCUT2D eigenvalue weighted by atomic mass is 9.43. The number of epoxide rings is 1. The summed E-state index contributed by atoms with van der Waals surface area (Å²) < 4.78 is 55.8. The summed E-state index contributed by atoms with van der Waals surface area (Å²) in [5, 5.41) is 21.3. The summed E-state index contributed by atoms with van der Waals surface area (Å²) in [5.41, 5.74) is -2.37. The highest BCUT2D eigenvalue weighted by Gasteiger charge is 2.91. The van der Waals surface area contributed by atoms with Gasteiger partial charge in [-0.1, -0.05) is 13.8 Å². The average Bonchev–Trinajstić information content (AvgIpc) is 3.63. The number of aliphatic hydroxyl groups is 2. The number of esters is 2. The number of ketones is 1. The number of carbonyl (C=O) groups excluding carboxylic acids is 3. The van der Waals surface area contributed by atoms with Crippen molar-refractivity contribution >= 4 is 17.7 Å². The van der Waals surface area contributed by atoms with Crippen molar-refractivity contribution in [2.45, 2.75) is 185 Å². The molecule has 7 aliphatic rings. The fourth-order valence-electron chi connectivity index (χ4n) is 12.5. The molecule has 3 saturated heterocycles. The molecule has 0 amide bonds. The molecule has 0 aromatic rings. The first-order chi connectivity index (χ1) is 25.0. The number of carbonyl (C=O) groups is 3. The molecular weight excluding hydrogens is 692 g/mol. The van der Waals surface area contributed by atoms with Gasteiger partial charge in [0.25, 0.3) is 0 Å². The molecule has 19 atom stereocenters. The lowest BCUT2D eigenvalue weighted by Gasteiger charge is -2.61. The molecule has 7 fully saturated rings. The van der Waals surface area contributed by atoms with Crippen LogP contribution in [0.1, 0.15) is 99.8 Å². The van der Waals surface area contributed by atoms with Crippen LogP contribution in [-0.2, 0) is 57.0 Å². The van der Waals surface area contributed by atoms with E-state index in [4.69, 9.17) is 42.6 Å². The molecule has 4 aliphatic carbocycles. The van der Waals surface area contributed by atoms with E-state index in [1.54, 1.807) is 21.0 Å². The first-order valence-electron chi connectivity index (χ1n) is 19.6. The Morgan fingerprint density at radius 1 is 0.755 bits per heavy atom. The van der Waals surface area contributed by atoms with E-state index in [2.05, 4.69) is 6.92 Å². The summed E-state index contributed by atoms with van der Waals surface area (Å²) in [5.74, 6) is -1.30. The number of rotatable bonds is 9. The fourth-order valence-corrected chi connectivity index (χ4v) is 12.5. The monoisotopic (exact) mass is 752 g/mol. The van der Waals surface area contributed by atoms with Crippen LogP contribution in [0.3, 0.4) is 0 Å². The highest BCUT2D eigenvalue weighted by Crippen LogP contribution is 2.81. The fraction of sp³-hybridized carbons (Fsp3) is 0.923. The molecule has 0 aromatic heterocycles. The van der Waals surface area contributed by atoms with Gasteiger partial charge in [-0.15, -0.1) is 0 Å². The van der Waals surface area contributed by atoms with Crippen molar-refractivity contribution in [3.63, 3.8) is 0 Å². The maximum atomic E-state index is 13.1. The Balaban J connectivity index is 1.07. The predicted octanol–water partition coefficient (Wildman–Crippen LogP) is 2.99. The topological polar surface area (TPSA) is 178 Å². The highest BCUT2D eigenvalue weighted by molar-refractivity contribution is 5.81. The SMILES string of the molecule is CO[C@H]1[C@@H](O)[C@H](O[C@@H]2[C@@H](C)O[C@@H](O[C@H]3CC[C@]4(C)C5[C@H](OC(C)=O)[C@@H](OC(C)=O)[C@]6(C)[C@H](C(C)=O)CC[C@@]67O[C@]57CC[C@H]4C3)C[C@H]2OC)O[C@H](C)[C@H]1O. The van der Waals surface area contributed by atoms with Crippen LogP contribution in [0, 0.1) is 28.6 Å². The lowest BCUT2D eigenvalue weighted by molar-refractivity contribution is -0.343. The second kappa shape index (κ2) is 14.0. The molecule has 3 aliphatic heterocycles. The zero-order chi connectivity index (χ0) is 38.4. The predicted molar refractivity (Wildman–Crippen MR) is 184 cm³/mol. The summed E-state index contributed by atoms with van der Waals surface area (Å²) >= 11 is 0. The summed E-state index contributed by atoms with van der Waals surface area (Å²) in [4.78, 5) is 38.6. The second-order valence-electron chi connectivity index (χ2n) is 17.4. The Labute approximate surface area is 312 Å². The van der Waals surface area contributed by atoms with Gasteiger partial charge in [0.15, 0.2) is 12.6 Å². The minimum absolute atomic E-state index is 0.0340. The van der Waals surface area contributed by atoms with Gasteiger partial charge in [-0.3, -0.25) is 14.4 Å². The molecule has 14 nitrogen and oxygen atoms in total. The molecule has 1 unspecified atom stereocenters. The molecule has 2 N–H and O–H groups in total. The molecule has 0 radical (unpaired) electrons. The first kappa shape index (κ1) is 39.5. The van der Waals surface area contributed by atoms with Gasteiger partial charge in [0.05, 0.1) is 24.4 Å². The third-order valence-corrected chi connectivity index (χ3v) is 14.9. The van der Waals surface area contributed by atoms with Crippen molar-refractivity contribution in [2.75, 3.05) is 14.2 Å². The van der Waals surface area contributed by atoms with Crippen LogP contribution in [-0.4, -0.2) is 127 Å². The van der Waals surface area contributed by atoms with Gasteiger partial charge in [-0.25, -0.2) is 0 Å². The van der Waals surface area contributed by atoms with Crippen LogP contribution in [0.5, 0.6) is 0 Å². The number of hydrogen-bond acceptors (Lipinski definition) is 14. The quantitative estimate of drug-likeness (QED) is 0.200. The van der Waals surface area contributed by atoms with E-state index in [-0.39, 0.29) is 35.1 Å². The number of Topliss-reactive ketones (excluding diaryl/α,β-unsaturated/α-hetero) is 1. The number of aliphatic hydroxyl groups excluding tert-OH is 2. The molecule has 4 saturated carbocycles. The highest BCUT2D eigenvalue weighted by atomic mass is 16.7. The maximum Gasteiger partial charge on any atom is 0.303 e. The largest absolute Gasteiger partial charge is 0.458 e. The zero-order valence-corrected chi connectivity index (χ0v) is 32.6. The summed E-state index contributed by atoms with van der Waals surface area (Å²) in [6, 6.07) is 0. The van der Waals surface area contributed by atoms with Crippen molar-refractivity contribution < 1.29 is 67.2 Å². The van der Waals surface area contributed by atoms with Gasteiger partial charge in [0, 0.05) is 51.7 Å². The van der Waals surface area contributed by atoms with E-state index >= 15 is 0 Å². The van der Waals surface area contributed by atoms with Gasteiger partial charge in [-0.2, -0.15) is 0 Å². The average molecular weight is 753 g/mol. The van der Waals surface area contributed by atoms with Gasteiger partial charge >= 0.3 is 11.9 Å². The number of ether oxygens (including phenoxy) is 9. The first-order valence-corrected chi connectivity index (χ1v) is 19.6. The zero-order valence-electron chi connectivity index (χ0n) is 32.6. The van der Waals surface area contributed by atoms with E-state index in [0.29, 0.717) is 19.3 Å². The van der Waals surface area contributed by atoms with Gasteiger partial charge in [0.2, 0.25) is 0 Å². The third kappa shape index (κ3) is 5.95. The Bertz CT molecular complexity index is 1430. The van der Waals surface area contributed by atoms with E-state index in [9.17, 15) is 24.6 Å². The molecular formula is C39H60O14. The molecule has 53 heavy (non-hydrogen) atoms. The van der Waals surface area contributed by atoms with E-state index in [1.165, 1.54) is 21.0 Å². The Morgan fingerprint density at radius 2 is 1.47 bits per heavy atom. The van der Waals surface area contributed by atoms with Crippen LogP contribution < -0.4 is 0 Å². The van der Waals surface area contributed by atoms with Crippen molar-refractivity contribution in [1.29, 1.82) is 0 Å². The molecule has 0 aromatic carbocycles. The number of methoxy groups -OCH3 is 2. The lowest BCUT2D eigenvalue weighted by Crippen LogP contribution is -2.70. The van der Waals surface area contributed by atoms with Crippen LogP contribution in [0.15, 0.2) is 0 Å². The molecule has 14 heteroatoms. The molecule has 7 rings (SSSR count). The normalized spacial score (nSPS) is 53.0. The minimum Gasteiger partial charge on any atom is -0.458 e. The standard InChI is InChI=1S/C39H60O14/c1-18(40)25-12-15-39-37(25,7)34(50-22(5)42)32(49-21(4)41)33-36(6)13-11-24(16-23(36)10-14-38(33,39)53-39)51-27-17-26(45-8)30(20(3)47-27)52-35-29(44)31(46-9)28(43)19(2)48-35/h19-20,23-35,43-44H,10-17H2,1-9H3/t19-,20-,23+,24+,25+,26-,27+,28-,29-,30-,31-,32+,33?,34-,35+,36+,37+,38-,39-/m1/s1. The molecule has 300 valence electrons. The van der Waals surface area contributed by atoms with Crippen molar-refractivity contribution in [2.24, 2.45) is 28.6 Å². The number of fused-ring (bicyclic) bond motifs is 2. The third-order valence-electron chi connectivity index (χ3n) is 14.9. The molecule has 0 bridgehead atoms. The summed E-state index contributed by atoms with van der Waals surface area (Å²) in [6.45, 7) is 12.2. The summed E-state index contributed by atoms with van der Waals surface area (Å²) in [6.07, 6.45) is -2.79. The van der Waals surface area contributed by atoms with Crippen molar-refractivity contribution in [3.8, 4) is 0 Å². The smallest absolute Gasteiger partial charge is 0.303 e. The van der Waals surface area contributed by atoms with Crippen LogP contribution >= 0.6 is 0 Å².